The van der Waals surface area contributed by atoms with Gasteiger partial charge in [-0.2, -0.15) is 13.2 Å². The summed E-state index contributed by atoms with van der Waals surface area (Å²) in [6.45, 7) is 0. The van der Waals surface area contributed by atoms with Crippen LogP contribution in [0, 0.1) is 5.41 Å². The van der Waals surface area contributed by atoms with Crippen molar-refractivity contribution in [2.45, 2.75) is 6.18 Å². The van der Waals surface area contributed by atoms with Gasteiger partial charge in [-0.3, -0.25) is 20.5 Å². The van der Waals surface area contributed by atoms with Crippen molar-refractivity contribution < 1.29 is 23.3 Å². The molecule has 0 fully saturated rings. The molecule has 3 aromatic rings. The minimum Gasteiger partial charge on any atom is -0.301 e. The van der Waals surface area contributed by atoms with E-state index >= 15 is 0 Å². The molecule has 1 heterocycles. The summed E-state index contributed by atoms with van der Waals surface area (Å²) in [5, 5.41) is 13.1. The van der Waals surface area contributed by atoms with Gasteiger partial charge in [0, 0.05) is 23.2 Å². The summed E-state index contributed by atoms with van der Waals surface area (Å²) in [6, 6.07) is 11.5. The molecule has 9 heteroatoms. The van der Waals surface area contributed by atoms with Gasteiger partial charge >= 0.3 is 6.18 Å². The van der Waals surface area contributed by atoms with Crippen LogP contribution >= 0.6 is 11.6 Å². The fraction of sp³-hybridized carbons (Fsp3) is 0.0952. The van der Waals surface area contributed by atoms with E-state index < -0.39 is 17.6 Å². The van der Waals surface area contributed by atoms with Crippen molar-refractivity contribution in [2.75, 3.05) is 7.05 Å². The number of hydrogen-bond acceptors (Lipinski definition) is 3. The molecule has 5 nitrogen and oxygen atoms in total. The van der Waals surface area contributed by atoms with Gasteiger partial charge in [0.15, 0.2) is 0 Å². The maximum absolute atomic E-state index is 13.2. The number of carbonyl (C=O) groups excluding carboxylic acids is 1. The van der Waals surface area contributed by atoms with E-state index in [0.717, 1.165) is 17.5 Å². The van der Waals surface area contributed by atoms with Gasteiger partial charge in [-0.05, 0) is 24.3 Å². The van der Waals surface area contributed by atoms with Crippen LogP contribution in [0.2, 0.25) is 5.02 Å². The van der Waals surface area contributed by atoms with Gasteiger partial charge in [0.25, 0.3) is 5.91 Å². The molecule has 3 rings (SSSR count). The second-order valence-corrected chi connectivity index (χ2v) is 6.73. The average Bonchev–Trinajstić information content (AvgIpc) is 2.71. The molecule has 2 aromatic carbocycles. The Balaban J connectivity index is 1.89. The Morgan fingerprint density at radius 2 is 1.90 bits per heavy atom. The molecule has 0 saturated heterocycles. The fourth-order valence-corrected chi connectivity index (χ4v) is 3.11. The maximum atomic E-state index is 13.2. The maximum Gasteiger partial charge on any atom is 0.417 e. The number of halogens is 4. The number of pyridine rings is 1. The number of fused-ring (bicyclic) bond motifs is 1. The Morgan fingerprint density at radius 1 is 1.17 bits per heavy atom. The molecule has 0 unspecified atom stereocenters. The van der Waals surface area contributed by atoms with Gasteiger partial charge in [-0.15, -0.1) is 0 Å². The normalized spacial score (nSPS) is 12.1. The largest absolute Gasteiger partial charge is 0.417 e. The lowest BCUT2D eigenvalue weighted by molar-refractivity contribution is -0.580. The molecule has 0 bridgehead atoms. The second kappa shape index (κ2) is 8.64. The van der Waals surface area contributed by atoms with Gasteiger partial charge in [0.05, 0.1) is 34.4 Å². The second-order valence-electron chi connectivity index (χ2n) is 6.33. The third-order valence-electron chi connectivity index (χ3n) is 4.33. The first-order chi connectivity index (χ1) is 14.2. The molecule has 1 aromatic heterocycles. The smallest absolute Gasteiger partial charge is 0.301 e. The first-order valence-corrected chi connectivity index (χ1v) is 9.20. The van der Waals surface area contributed by atoms with E-state index in [1.807, 2.05) is 0 Å². The highest BCUT2D eigenvalue weighted by atomic mass is 35.5. The summed E-state index contributed by atoms with van der Waals surface area (Å²) < 4.78 is 39.6. The predicted octanol–water partition coefficient (Wildman–Crippen LogP) is 3.74. The van der Waals surface area contributed by atoms with Crippen LogP contribution in [0.1, 0.15) is 21.5 Å². The van der Waals surface area contributed by atoms with Crippen molar-refractivity contribution in [3.63, 3.8) is 0 Å². The standard InChI is InChI=1S/C21H16ClF3N4O/c1-27-19(11-17(26)13-6-2-3-7-15(13)21(23,24)25)29-20(30)14-10-18-12(9-16(14)22)5-4-8-28-18/h2-11,26-27H,1H3,(H,29,30)/p+1/b19-11+,26-17?. The lowest BCUT2D eigenvalue weighted by Gasteiger charge is -2.12. The number of nitrogens with one attached hydrogen (secondary N) is 2. The minimum absolute atomic E-state index is 0.165. The minimum atomic E-state index is -4.60. The van der Waals surface area contributed by atoms with Crippen LogP contribution in [0.15, 0.2) is 66.6 Å². The molecule has 0 aliphatic carbocycles. The average molecular weight is 434 g/mol. The van der Waals surface area contributed by atoms with Gasteiger partial charge < -0.3 is 5.32 Å². The van der Waals surface area contributed by atoms with Gasteiger partial charge in [-0.1, -0.05) is 35.9 Å². The number of aromatic nitrogens is 1. The van der Waals surface area contributed by atoms with Crippen LogP contribution < -0.4 is 10.6 Å². The van der Waals surface area contributed by atoms with Crippen molar-refractivity contribution in [1.29, 1.82) is 5.41 Å². The summed E-state index contributed by atoms with van der Waals surface area (Å²) in [7, 11) is 1.60. The SMILES string of the molecule is C[NH2+]/C(=C\C(=N)c1ccccc1C(F)(F)F)NC(=O)c1cc2ncccc2cc1Cl. The zero-order valence-corrected chi connectivity index (χ0v) is 16.5. The van der Waals surface area contributed by atoms with E-state index in [1.54, 1.807) is 31.4 Å². The molecule has 0 atom stereocenters. The summed E-state index contributed by atoms with van der Waals surface area (Å²) in [4.78, 5) is 16.9. The van der Waals surface area contributed by atoms with E-state index in [0.29, 0.717) is 5.52 Å². The van der Waals surface area contributed by atoms with Crippen molar-refractivity contribution >= 4 is 34.1 Å². The van der Waals surface area contributed by atoms with Gasteiger partial charge in [0.1, 0.15) is 0 Å². The van der Waals surface area contributed by atoms with Crippen molar-refractivity contribution in [3.05, 3.63) is 88.3 Å². The first-order valence-electron chi connectivity index (χ1n) is 8.82. The molecule has 154 valence electrons. The Morgan fingerprint density at radius 3 is 2.60 bits per heavy atom. The van der Waals surface area contributed by atoms with E-state index in [2.05, 4.69) is 10.3 Å². The van der Waals surface area contributed by atoms with Crippen LogP contribution in [0.5, 0.6) is 0 Å². The number of hydrogen-bond donors (Lipinski definition) is 3. The van der Waals surface area contributed by atoms with E-state index in [4.69, 9.17) is 17.0 Å². The third kappa shape index (κ3) is 4.67. The Labute approximate surface area is 175 Å². The zero-order valence-electron chi connectivity index (χ0n) is 15.7. The van der Waals surface area contributed by atoms with E-state index in [9.17, 15) is 18.0 Å². The molecular weight excluding hydrogens is 417 g/mol. The van der Waals surface area contributed by atoms with Gasteiger partial charge in [0.2, 0.25) is 5.82 Å². The quantitative estimate of drug-likeness (QED) is 0.536. The number of nitrogens with zero attached hydrogens (tertiary/aromatic N) is 1. The van der Waals surface area contributed by atoms with Crippen LogP contribution in [0.3, 0.4) is 0 Å². The Hall–Kier alpha value is -3.23. The monoisotopic (exact) mass is 433 g/mol. The number of rotatable bonds is 5. The first kappa shape index (κ1) is 21.5. The molecule has 1 amide bonds. The number of alkyl halides is 3. The number of carbonyl (C=O) groups is 1. The van der Waals surface area contributed by atoms with Crippen molar-refractivity contribution in [3.8, 4) is 0 Å². The van der Waals surface area contributed by atoms with Crippen molar-refractivity contribution in [1.82, 2.24) is 10.3 Å². The summed E-state index contributed by atoms with van der Waals surface area (Å²) >= 11 is 6.21. The molecular formula is C21H17ClF3N4O+. The van der Waals surface area contributed by atoms with E-state index in [-0.39, 0.29) is 27.7 Å². The fourth-order valence-electron chi connectivity index (χ4n) is 2.85. The topological polar surface area (TPSA) is 82.5 Å². The number of nitrogens with two attached hydrogens (primary N) is 1. The third-order valence-corrected chi connectivity index (χ3v) is 4.64. The highest BCUT2D eigenvalue weighted by Gasteiger charge is 2.33. The molecule has 0 spiro atoms. The summed E-state index contributed by atoms with van der Waals surface area (Å²) in [5.41, 5.74) is -0.853. The lowest BCUT2D eigenvalue weighted by atomic mass is 10.0. The molecule has 0 aliphatic rings. The zero-order chi connectivity index (χ0) is 21.9. The molecule has 0 saturated carbocycles. The van der Waals surface area contributed by atoms with Crippen LogP contribution in [-0.4, -0.2) is 23.7 Å². The predicted molar refractivity (Wildman–Crippen MR) is 108 cm³/mol. The Bertz CT molecular complexity index is 1160. The highest BCUT2D eigenvalue weighted by Crippen LogP contribution is 2.32. The number of benzene rings is 2. The van der Waals surface area contributed by atoms with Crippen LogP contribution in [0.25, 0.3) is 10.9 Å². The Kier molecular flexibility index (Phi) is 6.19. The molecule has 30 heavy (non-hydrogen) atoms. The number of quaternary nitrogens is 1. The number of amides is 1. The highest BCUT2D eigenvalue weighted by molar-refractivity contribution is 6.34. The molecule has 0 radical (unpaired) electrons. The summed E-state index contributed by atoms with van der Waals surface area (Å²) in [6.07, 6.45) is -1.85. The number of allylic oxidation sites excluding steroid dienone is 1. The van der Waals surface area contributed by atoms with Crippen LogP contribution in [0.4, 0.5) is 13.2 Å². The molecule has 0 aliphatic heterocycles. The van der Waals surface area contributed by atoms with Crippen LogP contribution in [-0.2, 0) is 6.18 Å². The van der Waals surface area contributed by atoms with E-state index in [1.165, 1.54) is 29.6 Å². The molecule has 4 N–H and O–H groups in total. The van der Waals surface area contributed by atoms with Gasteiger partial charge in [-0.25, -0.2) is 0 Å². The lowest BCUT2D eigenvalue weighted by Crippen LogP contribution is -2.80. The van der Waals surface area contributed by atoms with Crippen molar-refractivity contribution in [2.24, 2.45) is 0 Å². The summed E-state index contributed by atoms with van der Waals surface area (Å²) in [5.74, 6) is -0.395.